The lowest BCUT2D eigenvalue weighted by Crippen LogP contribution is -2.32. The number of rotatable bonds is 8. The highest BCUT2D eigenvalue weighted by Crippen LogP contribution is 2.33. The van der Waals surface area contributed by atoms with Gasteiger partial charge in [-0.05, 0) is 24.1 Å². The molecule has 1 N–H and O–H groups in total. The fourth-order valence-corrected chi connectivity index (χ4v) is 3.20. The second-order valence-corrected chi connectivity index (χ2v) is 6.70. The van der Waals surface area contributed by atoms with Gasteiger partial charge in [-0.25, -0.2) is 5.43 Å². The molecule has 0 unspecified atom stereocenters. The largest absolute Gasteiger partial charge is 0.497 e. The minimum atomic E-state index is -0.258. The first-order valence-electron chi connectivity index (χ1n) is 9.54. The molecule has 6 heteroatoms. The summed E-state index contributed by atoms with van der Waals surface area (Å²) in [6, 6.07) is 14.9. The van der Waals surface area contributed by atoms with Crippen molar-refractivity contribution < 1.29 is 14.3 Å². The zero-order chi connectivity index (χ0) is 19.9. The maximum Gasteiger partial charge on any atom is 0.279 e. The zero-order valence-corrected chi connectivity index (χ0v) is 16.3. The maximum atomic E-state index is 12.9. The zero-order valence-electron chi connectivity index (χ0n) is 16.3. The molecule has 2 aromatic carbocycles. The van der Waals surface area contributed by atoms with Gasteiger partial charge < -0.3 is 9.64 Å². The Balaban J connectivity index is 1.79. The number of anilines is 1. The maximum absolute atomic E-state index is 12.9. The SMILES string of the molecule is CCCCCN1C(=O)/C(=N\NC(=O)Cc2ccccc2)c2ccc(OC)cc21. The number of fused-ring (bicyclic) bond motifs is 1. The van der Waals surface area contributed by atoms with Gasteiger partial charge >= 0.3 is 0 Å². The van der Waals surface area contributed by atoms with Crippen molar-refractivity contribution in [2.45, 2.75) is 32.6 Å². The molecule has 1 aliphatic rings. The number of amides is 2. The normalized spacial score (nSPS) is 14.3. The number of hydrogen-bond donors (Lipinski definition) is 1. The van der Waals surface area contributed by atoms with E-state index in [2.05, 4.69) is 17.5 Å². The van der Waals surface area contributed by atoms with Crippen LogP contribution in [0, 0.1) is 0 Å². The van der Waals surface area contributed by atoms with E-state index in [0.29, 0.717) is 17.9 Å². The van der Waals surface area contributed by atoms with Crippen LogP contribution in [0.25, 0.3) is 0 Å². The molecule has 2 amide bonds. The molecule has 0 aromatic heterocycles. The van der Waals surface area contributed by atoms with Crippen molar-refractivity contribution in [3.63, 3.8) is 0 Å². The molecule has 0 fully saturated rings. The summed E-state index contributed by atoms with van der Waals surface area (Å²) in [5.41, 5.74) is 5.17. The topological polar surface area (TPSA) is 71.0 Å². The van der Waals surface area contributed by atoms with Gasteiger partial charge in [0.1, 0.15) is 5.75 Å². The number of nitrogens with one attached hydrogen (secondary N) is 1. The molecular formula is C22H25N3O3. The summed E-state index contributed by atoms with van der Waals surface area (Å²) in [5, 5.41) is 4.16. The molecule has 0 spiro atoms. The Hall–Kier alpha value is -3.15. The van der Waals surface area contributed by atoms with E-state index in [1.807, 2.05) is 42.5 Å². The number of ether oxygens (including phenoxy) is 1. The number of methoxy groups -OCH3 is 1. The average Bonchev–Trinajstić information content (AvgIpc) is 2.97. The van der Waals surface area contributed by atoms with Crippen molar-refractivity contribution in [2.24, 2.45) is 5.10 Å². The third-order valence-corrected chi connectivity index (χ3v) is 4.68. The number of nitrogens with zero attached hydrogens (tertiary/aromatic N) is 2. The Morgan fingerprint density at radius 2 is 1.93 bits per heavy atom. The standard InChI is InChI=1S/C22H25N3O3/c1-3-4-8-13-25-19-15-17(28-2)11-12-18(19)21(22(25)27)24-23-20(26)14-16-9-6-5-7-10-16/h5-7,9-12,15H,3-4,8,13-14H2,1-2H3,(H,23,26)/b24-21-. The fraction of sp³-hybridized carbons (Fsp3) is 0.318. The van der Waals surface area contributed by atoms with Gasteiger partial charge in [0, 0.05) is 18.2 Å². The van der Waals surface area contributed by atoms with Crippen molar-refractivity contribution >= 4 is 23.2 Å². The molecule has 3 rings (SSSR count). The molecule has 1 heterocycles. The van der Waals surface area contributed by atoms with E-state index in [0.717, 1.165) is 30.5 Å². The van der Waals surface area contributed by atoms with Crippen molar-refractivity contribution in [3.05, 3.63) is 59.7 Å². The van der Waals surface area contributed by atoms with E-state index in [-0.39, 0.29) is 23.9 Å². The number of unbranched alkanes of at least 4 members (excludes halogenated alkanes) is 2. The van der Waals surface area contributed by atoms with Crippen LogP contribution in [0.15, 0.2) is 53.6 Å². The van der Waals surface area contributed by atoms with E-state index in [4.69, 9.17) is 4.74 Å². The summed E-state index contributed by atoms with van der Waals surface area (Å²) >= 11 is 0. The van der Waals surface area contributed by atoms with Crippen LogP contribution < -0.4 is 15.1 Å². The van der Waals surface area contributed by atoms with Gasteiger partial charge in [-0.2, -0.15) is 5.10 Å². The lowest BCUT2D eigenvalue weighted by molar-refractivity contribution is -0.120. The van der Waals surface area contributed by atoms with E-state index in [1.54, 1.807) is 18.1 Å². The van der Waals surface area contributed by atoms with Gasteiger partial charge in [-0.15, -0.1) is 0 Å². The number of hydrogen-bond acceptors (Lipinski definition) is 4. The van der Waals surface area contributed by atoms with Crippen molar-refractivity contribution in [1.29, 1.82) is 0 Å². The first-order valence-corrected chi connectivity index (χ1v) is 9.54. The summed E-state index contributed by atoms with van der Waals surface area (Å²) < 4.78 is 5.30. The Morgan fingerprint density at radius 3 is 2.64 bits per heavy atom. The van der Waals surface area contributed by atoms with Crippen LogP contribution in [-0.4, -0.2) is 31.2 Å². The van der Waals surface area contributed by atoms with Crippen molar-refractivity contribution in [2.75, 3.05) is 18.6 Å². The molecule has 0 saturated carbocycles. The summed E-state index contributed by atoms with van der Waals surface area (Å²) in [6.45, 7) is 2.74. The van der Waals surface area contributed by atoms with Gasteiger partial charge in [0.05, 0.1) is 19.2 Å². The first-order chi connectivity index (χ1) is 13.6. The number of hydrazone groups is 1. The predicted molar refractivity (Wildman–Crippen MR) is 110 cm³/mol. The van der Waals surface area contributed by atoms with Crippen LogP contribution >= 0.6 is 0 Å². The Bertz CT molecular complexity index is 878. The highest BCUT2D eigenvalue weighted by Gasteiger charge is 2.34. The molecule has 2 aromatic rings. The minimum Gasteiger partial charge on any atom is -0.497 e. The average molecular weight is 379 g/mol. The molecule has 0 aliphatic carbocycles. The van der Waals surface area contributed by atoms with Gasteiger partial charge in [0.25, 0.3) is 5.91 Å². The van der Waals surface area contributed by atoms with Gasteiger partial charge in [-0.1, -0.05) is 50.1 Å². The molecule has 0 atom stereocenters. The molecule has 6 nitrogen and oxygen atoms in total. The van der Waals surface area contributed by atoms with Crippen molar-refractivity contribution in [3.8, 4) is 5.75 Å². The number of carbonyl (C=O) groups is 2. The van der Waals surface area contributed by atoms with Crippen LogP contribution in [0.3, 0.4) is 0 Å². The van der Waals surface area contributed by atoms with E-state index in [9.17, 15) is 9.59 Å². The lowest BCUT2D eigenvalue weighted by atomic mass is 10.1. The smallest absolute Gasteiger partial charge is 0.279 e. The number of benzene rings is 2. The fourth-order valence-electron chi connectivity index (χ4n) is 3.20. The summed E-state index contributed by atoms with van der Waals surface area (Å²) in [4.78, 5) is 26.9. The monoisotopic (exact) mass is 379 g/mol. The van der Waals surface area contributed by atoms with Gasteiger partial charge in [-0.3, -0.25) is 9.59 Å². The highest BCUT2D eigenvalue weighted by atomic mass is 16.5. The summed E-state index contributed by atoms with van der Waals surface area (Å²) in [6.07, 6.45) is 3.24. The first kappa shape index (κ1) is 19.6. The molecule has 0 radical (unpaired) electrons. The van der Waals surface area contributed by atoms with E-state index < -0.39 is 0 Å². The Morgan fingerprint density at radius 1 is 1.14 bits per heavy atom. The highest BCUT2D eigenvalue weighted by molar-refractivity contribution is 6.54. The molecule has 0 bridgehead atoms. The van der Waals surface area contributed by atoms with Crippen LogP contribution in [0.1, 0.15) is 37.3 Å². The molecule has 1 aliphatic heterocycles. The van der Waals surface area contributed by atoms with Crippen LogP contribution in [0.5, 0.6) is 5.75 Å². The lowest BCUT2D eigenvalue weighted by Gasteiger charge is -2.17. The van der Waals surface area contributed by atoms with Gasteiger partial charge in [0.15, 0.2) is 5.71 Å². The van der Waals surface area contributed by atoms with E-state index >= 15 is 0 Å². The van der Waals surface area contributed by atoms with Crippen LogP contribution in [-0.2, 0) is 16.0 Å². The molecule has 0 saturated heterocycles. The minimum absolute atomic E-state index is 0.195. The van der Waals surface area contributed by atoms with Crippen LogP contribution in [0.2, 0.25) is 0 Å². The number of carbonyl (C=O) groups excluding carboxylic acids is 2. The van der Waals surface area contributed by atoms with Crippen molar-refractivity contribution in [1.82, 2.24) is 5.43 Å². The molecule has 146 valence electrons. The predicted octanol–water partition coefficient (Wildman–Crippen LogP) is 3.30. The summed E-state index contributed by atoms with van der Waals surface area (Å²) in [5.74, 6) is 0.228. The van der Waals surface area contributed by atoms with Gasteiger partial charge in [0.2, 0.25) is 5.91 Å². The quantitative estimate of drug-likeness (QED) is 0.565. The molecular weight excluding hydrogens is 354 g/mol. The van der Waals surface area contributed by atoms with Crippen LogP contribution in [0.4, 0.5) is 5.69 Å². The van der Waals surface area contributed by atoms with E-state index in [1.165, 1.54) is 0 Å². The second kappa shape index (κ2) is 9.17. The third kappa shape index (κ3) is 4.39. The molecule has 28 heavy (non-hydrogen) atoms. The second-order valence-electron chi connectivity index (χ2n) is 6.70. The Labute approximate surface area is 165 Å². The summed E-state index contributed by atoms with van der Waals surface area (Å²) in [7, 11) is 1.60. The Kier molecular flexibility index (Phi) is 6.42. The third-order valence-electron chi connectivity index (χ3n) is 4.68.